The molecule has 0 aliphatic heterocycles. The summed E-state index contributed by atoms with van der Waals surface area (Å²) in [6.45, 7) is 5.93. The second kappa shape index (κ2) is 19.0. The van der Waals surface area contributed by atoms with E-state index in [0.29, 0.717) is 12.0 Å². The van der Waals surface area contributed by atoms with Crippen molar-refractivity contribution in [2.75, 3.05) is 0 Å². The Bertz CT molecular complexity index is 371. The van der Waals surface area contributed by atoms with E-state index in [1.807, 2.05) is 0 Å². The van der Waals surface area contributed by atoms with Gasteiger partial charge in [0.25, 0.3) is 6.26 Å². The standard InChI is InChI=1S/C22H39NO2/c1-3-4-5-6-7-8-9-10-11-12-13-14-15-16-17-18-19-21(2)22(24)25-20-23/h2-19H2,1H3. The molecule has 0 saturated carbocycles. The van der Waals surface area contributed by atoms with Crippen molar-refractivity contribution in [3.05, 3.63) is 12.2 Å². The van der Waals surface area contributed by atoms with Gasteiger partial charge in [-0.1, -0.05) is 110 Å². The van der Waals surface area contributed by atoms with E-state index in [-0.39, 0.29) is 0 Å². The van der Waals surface area contributed by atoms with Gasteiger partial charge in [-0.2, -0.15) is 0 Å². The van der Waals surface area contributed by atoms with Crippen molar-refractivity contribution in [3.63, 3.8) is 0 Å². The summed E-state index contributed by atoms with van der Waals surface area (Å²) in [6, 6.07) is 0. The van der Waals surface area contributed by atoms with E-state index in [0.717, 1.165) is 12.8 Å². The third kappa shape index (κ3) is 17.3. The molecule has 0 atom stereocenters. The average molecular weight is 350 g/mol. The van der Waals surface area contributed by atoms with Crippen LogP contribution in [-0.2, 0) is 9.53 Å². The van der Waals surface area contributed by atoms with Gasteiger partial charge in [0.05, 0.1) is 0 Å². The summed E-state index contributed by atoms with van der Waals surface area (Å²) in [5.74, 6) is -0.580. The number of hydrogen-bond donors (Lipinski definition) is 0. The lowest BCUT2D eigenvalue weighted by Gasteiger charge is -2.04. The first-order valence-corrected chi connectivity index (χ1v) is 10.5. The maximum Gasteiger partial charge on any atom is 0.348 e. The second-order valence-electron chi connectivity index (χ2n) is 7.14. The normalized spacial score (nSPS) is 10.4. The Morgan fingerprint density at radius 2 is 1.12 bits per heavy atom. The third-order valence-corrected chi connectivity index (χ3v) is 4.76. The first-order valence-electron chi connectivity index (χ1n) is 10.5. The molecule has 3 nitrogen and oxygen atoms in total. The predicted molar refractivity (Wildman–Crippen MR) is 105 cm³/mol. The lowest BCUT2D eigenvalue weighted by atomic mass is 10.0. The Labute approximate surface area is 155 Å². The lowest BCUT2D eigenvalue weighted by molar-refractivity contribution is -0.132. The summed E-state index contributed by atoms with van der Waals surface area (Å²) in [5.41, 5.74) is 0.409. The van der Waals surface area contributed by atoms with E-state index < -0.39 is 5.97 Å². The topological polar surface area (TPSA) is 50.1 Å². The van der Waals surface area contributed by atoms with Crippen LogP contribution in [0.2, 0.25) is 0 Å². The number of ether oxygens (including phenoxy) is 1. The maximum absolute atomic E-state index is 11.2. The molecular formula is C22H39NO2. The molecule has 0 unspecified atom stereocenters. The van der Waals surface area contributed by atoms with E-state index >= 15 is 0 Å². The fraction of sp³-hybridized carbons (Fsp3) is 0.818. The molecule has 0 fully saturated rings. The fourth-order valence-corrected chi connectivity index (χ4v) is 3.10. The van der Waals surface area contributed by atoms with E-state index in [4.69, 9.17) is 5.26 Å². The highest BCUT2D eigenvalue weighted by molar-refractivity contribution is 5.88. The number of carbonyl (C=O) groups is 1. The van der Waals surface area contributed by atoms with Crippen molar-refractivity contribution in [2.45, 2.75) is 116 Å². The van der Waals surface area contributed by atoms with Crippen molar-refractivity contribution in [1.82, 2.24) is 0 Å². The van der Waals surface area contributed by atoms with Crippen LogP contribution in [0, 0.1) is 11.5 Å². The van der Waals surface area contributed by atoms with Gasteiger partial charge in [-0.05, 0) is 12.8 Å². The molecule has 3 heteroatoms. The fourth-order valence-electron chi connectivity index (χ4n) is 3.10. The number of rotatable bonds is 18. The molecule has 0 aliphatic carbocycles. The Morgan fingerprint density at radius 1 is 0.760 bits per heavy atom. The van der Waals surface area contributed by atoms with Gasteiger partial charge in [0.1, 0.15) is 0 Å². The van der Waals surface area contributed by atoms with E-state index in [1.165, 1.54) is 96.1 Å². The Balaban J connectivity index is 3.16. The van der Waals surface area contributed by atoms with E-state index in [2.05, 4.69) is 18.2 Å². The number of esters is 1. The molecule has 0 spiro atoms. The van der Waals surface area contributed by atoms with Crippen molar-refractivity contribution in [3.8, 4) is 6.26 Å². The van der Waals surface area contributed by atoms with Crippen LogP contribution < -0.4 is 0 Å². The average Bonchev–Trinajstić information content (AvgIpc) is 2.61. The monoisotopic (exact) mass is 349 g/mol. The number of carbonyl (C=O) groups excluding carboxylic acids is 1. The molecule has 25 heavy (non-hydrogen) atoms. The van der Waals surface area contributed by atoms with Crippen molar-refractivity contribution < 1.29 is 9.53 Å². The smallest absolute Gasteiger partial charge is 0.347 e. The number of nitrogens with zero attached hydrogens (tertiary/aromatic N) is 1. The lowest BCUT2D eigenvalue weighted by Crippen LogP contribution is -2.02. The Hall–Kier alpha value is -1.30. The van der Waals surface area contributed by atoms with Crippen LogP contribution in [0.4, 0.5) is 0 Å². The molecular weight excluding hydrogens is 310 g/mol. The highest BCUT2D eigenvalue weighted by atomic mass is 16.5. The largest absolute Gasteiger partial charge is 0.348 e. The van der Waals surface area contributed by atoms with Crippen LogP contribution in [0.25, 0.3) is 0 Å². The van der Waals surface area contributed by atoms with Gasteiger partial charge in [-0.15, -0.1) is 5.26 Å². The van der Waals surface area contributed by atoms with Gasteiger partial charge in [0, 0.05) is 5.57 Å². The van der Waals surface area contributed by atoms with Gasteiger partial charge in [-0.25, -0.2) is 4.79 Å². The predicted octanol–water partition coefficient (Wildman–Crippen LogP) is 7.22. The van der Waals surface area contributed by atoms with Crippen LogP contribution in [0.3, 0.4) is 0 Å². The van der Waals surface area contributed by atoms with Gasteiger partial charge < -0.3 is 4.74 Å². The molecule has 0 aromatic carbocycles. The minimum absolute atomic E-state index is 0.409. The molecule has 0 aliphatic rings. The summed E-state index contributed by atoms with van der Waals surface area (Å²) in [7, 11) is 0. The minimum Gasteiger partial charge on any atom is -0.347 e. The van der Waals surface area contributed by atoms with Crippen LogP contribution >= 0.6 is 0 Å². The molecule has 0 bridgehead atoms. The number of hydrogen-bond acceptors (Lipinski definition) is 3. The molecule has 0 aromatic heterocycles. The van der Waals surface area contributed by atoms with E-state index in [9.17, 15) is 4.79 Å². The highest BCUT2D eigenvalue weighted by Crippen LogP contribution is 2.15. The van der Waals surface area contributed by atoms with Crippen LogP contribution in [0.1, 0.15) is 116 Å². The summed E-state index contributed by atoms with van der Waals surface area (Å²) < 4.78 is 4.25. The SMILES string of the molecule is C=C(CCCCCCCCCCCCCCCCCC)C(=O)OC#N. The first kappa shape index (κ1) is 23.7. The molecule has 0 amide bonds. The Morgan fingerprint density at radius 3 is 1.48 bits per heavy atom. The first-order chi connectivity index (χ1) is 12.2. The molecule has 0 saturated heterocycles. The molecule has 0 rings (SSSR count). The molecule has 0 heterocycles. The molecule has 0 N–H and O–H groups in total. The third-order valence-electron chi connectivity index (χ3n) is 4.76. The van der Waals surface area contributed by atoms with Crippen molar-refractivity contribution in [1.29, 1.82) is 5.26 Å². The zero-order chi connectivity index (χ0) is 18.6. The summed E-state index contributed by atoms with van der Waals surface area (Å²) in [5, 5.41) is 8.26. The zero-order valence-corrected chi connectivity index (χ0v) is 16.5. The quantitative estimate of drug-likeness (QED) is 0.114. The maximum atomic E-state index is 11.2. The summed E-state index contributed by atoms with van der Waals surface area (Å²) in [4.78, 5) is 11.2. The second-order valence-corrected chi connectivity index (χ2v) is 7.14. The van der Waals surface area contributed by atoms with Gasteiger partial charge in [-0.3, -0.25) is 0 Å². The minimum atomic E-state index is -0.580. The number of nitriles is 1. The van der Waals surface area contributed by atoms with Crippen LogP contribution in [0.15, 0.2) is 12.2 Å². The van der Waals surface area contributed by atoms with Gasteiger partial charge in [0.2, 0.25) is 0 Å². The van der Waals surface area contributed by atoms with Crippen LogP contribution in [0.5, 0.6) is 0 Å². The summed E-state index contributed by atoms with van der Waals surface area (Å²) >= 11 is 0. The van der Waals surface area contributed by atoms with Crippen molar-refractivity contribution >= 4 is 5.97 Å². The Kier molecular flexibility index (Phi) is 18.0. The summed E-state index contributed by atoms with van der Waals surface area (Å²) in [6.07, 6.45) is 23.4. The van der Waals surface area contributed by atoms with Gasteiger partial charge in [0.15, 0.2) is 0 Å². The molecule has 0 aromatic rings. The zero-order valence-electron chi connectivity index (χ0n) is 16.5. The van der Waals surface area contributed by atoms with Crippen LogP contribution in [-0.4, -0.2) is 5.97 Å². The highest BCUT2D eigenvalue weighted by Gasteiger charge is 2.07. The van der Waals surface area contributed by atoms with Crippen molar-refractivity contribution in [2.24, 2.45) is 0 Å². The molecule has 0 radical (unpaired) electrons. The molecule has 144 valence electrons. The van der Waals surface area contributed by atoms with Gasteiger partial charge >= 0.3 is 5.97 Å². The number of unbranched alkanes of at least 4 members (excludes halogenated alkanes) is 15. The van der Waals surface area contributed by atoms with E-state index in [1.54, 1.807) is 0 Å².